The third kappa shape index (κ3) is 5.74. The van der Waals surface area contributed by atoms with Gasteiger partial charge in [0, 0.05) is 16.5 Å². The molecule has 1 aliphatic carbocycles. The van der Waals surface area contributed by atoms with Crippen molar-refractivity contribution in [3.8, 4) is 17.0 Å². The number of hydrogen-bond donors (Lipinski definition) is 3. The van der Waals surface area contributed by atoms with Crippen molar-refractivity contribution in [1.29, 1.82) is 0 Å². The van der Waals surface area contributed by atoms with E-state index in [0.29, 0.717) is 12.8 Å². The summed E-state index contributed by atoms with van der Waals surface area (Å²) in [5.41, 5.74) is -6.38. The molecular weight excluding hydrogens is 575 g/mol. The molecule has 13 heteroatoms. The van der Waals surface area contributed by atoms with E-state index < -0.39 is 76.1 Å². The van der Waals surface area contributed by atoms with Gasteiger partial charge in [-0.3, -0.25) is 4.79 Å². The number of alkyl halides is 2. The molecule has 2 aromatic carbocycles. The quantitative estimate of drug-likeness (QED) is 0.222. The lowest BCUT2D eigenvalue weighted by Crippen LogP contribution is -2.44. The zero-order chi connectivity index (χ0) is 31.3. The Kier molecular flexibility index (Phi) is 7.82. The van der Waals surface area contributed by atoms with Crippen molar-refractivity contribution in [2.45, 2.75) is 44.3 Å². The van der Waals surface area contributed by atoms with Gasteiger partial charge in [-0.15, -0.1) is 10.2 Å². The van der Waals surface area contributed by atoms with E-state index in [1.165, 1.54) is 45.2 Å². The molecule has 226 valence electrons. The molecule has 0 radical (unpaired) electrons. The maximum absolute atomic E-state index is 16.0. The number of aromatic nitrogens is 3. The Morgan fingerprint density at radius 1 is 1.05 bits per heavy atom. The van der Waals surface area contributed by atoms with Crippen LogP contribution in [0, 0.1) is 23.4 Å². The first-order valence-electron chi connectivity index (χ1n) is 13.3. The summed E-state index contributed by atoms with van der Waals surface area (Å²) >= 11 is 0. The van der Waals surface area contributed by atoms with E-state index in [0.717, 1.165) is 18.2 Å². The first kappa shape index (κ1) is 30.2. The lowest BCUT2D eigenvalue weighted by Gasteiger charge is -2.31. The second-order valence-electron chi connectivity index (χ2n) is 10.9. The summed E-state index contributed by atoms with van der Waals surface area (Å²) in [7, 11) is 1.30. The Hall–Kier alpha value is -4.23. The number of benzene rings is 2. The summed E-state index contributed by atoms with van der Waals surface area (Å²) in [5, 5.41) is 32.5. The number of ether oxygens (including phenoxy) is 1. The second kappa shape index (κ2) is 11.1. The summed E-state index contributed by atoms with van der Waals surface area (Å²) < 4.78 is 76.9. The van der Waals surface area contributed by atoms with Gasteiger partial charge in [-0.25, -0.2) is 26.9 Å². The van der Waals surface area contributed by atoms with Crippen molar-refractivity contribution in [3.63, 3.8) is 0 Å². The van der Waals surface area contributed by atoms with E-state index in [1.807, 2.05) is 0 Å². The van der Waals surface area contributed by atoms with Gasteiger partial charge in [0.15, 0.2) is 11.6 Å². The van der Waals surface area contributed by atoms with Gasteiger partial charge in [0.1, 0.15) is 39.8 Å². The largest absolute Gasteiger partial charge is 0.494 e. The molecule has 1 amide bonds. The number of nitrogens with one attached hydrogen (secondary N) is 1. The Balaban J connectivity index is 1.55. The zero-order valence-corrected chi connectivity index (χ0v) is 23.3. The standard InChI is InChI=1S/C30H27F5N4O4/c1-29(2,41)21-22(32)25(14-4-8-18(31)9-5-14)37-26(23(21)33)30(42,17-6-7-17)13-36-28(40)16-10-15-11-19(27(34)35)38-39-24(15)20(12-16)43-3/h4-5,8-12,17,27,41-42H,6-7,13H2,1-3H3,(H,36,40)/t30-/m1/s1. The van der Waals surface area contributed by atoms with Gasteiger partial charge in [-0.2, -0.15) is 0 Å². The third-order valence-corrected chi connectivity index (χ3v) is 7.37. The van der Waals surface area contributed by atoms with Crippen LogP contribution in [0.4, 0.5) is 22.0 Å². The maximum Gasteiger partial charge on any atom is 0.282 e. The van der Waals surface area contributed by atoms with E-state index in [2.05, 4.69) is 20.5 Å². The third-order valence-electron chi connectivity index (χ3n) is 7.37. The molecule has 0 spiro atoms. The zero-order valence-electron chi connectivity index (χ0n) is 23.3. The van der Waals surface area contributed by atoms with Crippen LogP contribution in [0.25, 0.3) is 22.2 Å². The van der Waals surface area contributed by atoms with Gasteiger partial charge in [-0.05, 0) is 75.1 Å². The van der Waals surface area contributed by atoms with Crippen LogP contribution in [0.15, 0.2) is 42.5 Å². The first-order valence-corrected chi connectivity index (χ1v) is 13.3. The molecule has 2 heterocycles. The van der Waals surface area contributed by atoms with E-state index in [-0.39, 0.29) is 27.8 Å². The molecule has 0 bridgehead atoms. The minimum atomic E-state index is -2.90. The Morgan fingerprint density at radius 3 is 2.30 bits per heavy atom. The highest BCUT2D eigenvalue weighted by Crippen LogP contribution is 2.47. The van der Waals surface area contributed by atoms with Crippen molar-refractivity contribution in [3.05, 3.63) is 82.4 Å². The molecule has 3 N–H and O–H groups in total. The lowest BCUT2D eigenvalue weighted by molar-refractivity contribution is 0.00419. The highest BCUT2D eigenvalue weighted by molar-refractivity contribution is 5.99. The summed E-state index contributed by atoms with van der Waals surface area (Å²) in [6, 6.07) is 8.24. The van der Waals surface area contributed by atoms with Crippen molar-refractivity contribution in [2.24, 2.45) is 5.92 Å². The molecule has 2 aromatic heterocycles. The van der Waals surface area contributed by atoms with Crippen LogP contribution in [-0.2, 0) is 11.2 Å². The maximum atomic E-state index is 16.0. The number of aliphatic hydroxyl groups is 2. The Morgan fingerprint density at radius 2 is 1.72 bits per heavy atom. The van der Waals surface area contributed by atoms with Crippen LogP contribution in [-0.4, -0.2) is 45.0 Å². The Bertz CT molecular complexity index is 1710. The fourth-order valence-electron chi connectivity index (χ4n) is 5.00. The SMILES string of the molecule is COc1cc(C(=O)NC[C@](O)(c2nc(-c3ccc(F)cc3)c(F)c(C(C)(C)O)c2F)C2CC2)cc2cc(C(F)F)nnc12. The molecule has 5 rings (SSSR count). The molecule has 43 heavy (non-hydrogen) atoms. The molecule has 1 fully saturated rings. The van der Waals surface area contributed by atoms with Gasteiger partial charge >= 0.3 is 0 Å². The van der Waals surface area contributed by atoms with Crippen LogP contribution in [0.5, 0.6) is 5.75 Å². The highest BCUT2D eigenvalue weighted by Gasteiger charge is 2.50. The lowest BCUT2D eigenvalue weighted by atomic mass is 9.87. The fourth-order valence-corrected chi connectivity index (χ4v) is 5.00. The summed E-state index contributed by atoms with van der Waals surface area (Å²) in [6.45, 7) is 1.76. The van der Waals surface area contributed by atoms with Crippen LogP contribution < -0.4 is 10.1 Å². The number of carbonyl (C=O) groups excluding carboxylic acids is 1. The Labute approximate surface area is 242 Å². The molecule has 0 aliphatic heterocycles. The van der Waals surface area contributed by atoms with Crippen LogP contribution in [0.3, 0.4) is 0 Å². The molecule has 1 atom stereocenters. The van der Waals surface area contributed by atoms with Gasteiger partial charge in [-0.1, -0.05) is 0 Å². The van der Waals surface area contributed by atoms with Gasteiger partial charge in [0.25, 0.3) is 12.3 Å². The number of hydrogen-bond acceptors (Lipinski definition) is 7. The molecule has 0 saturated heterocycles. The van der Waals surface area contributed by atoms with Crippen LogP contribution in [0.2, 0.25) is 0 Å². The van der Waals surface area contributed by atoms with Crippen molar-refractivity contribution < 1.29 is 41.7 Å². The first-order chi connectivity index (χ1) is 20.2. The highest BCUT2D eigenvalue weighted by atomic mass is 19.3. The minimum Gasteiger partial charge on any atom is -0.494 e. The summed E-state index contributed by atoms with van der Waals surface area (Å²) in [5.74, 6) is -4.33. The van der Waals surface area contributed by atoms with Gasteiger partial charge < -0.3 is 20.3 Å². The predicted molar refractivity (Wildman–Crippen MR) is 145 cm³/mol. The number of pyridine rings is 1. The van der Waals surface area contributed by atoms with E-state index in [4.69, 9.17) is 4.74 Å². The molecule has 0 unspecified atom stereocenters. The van der Waals surface area contributed by atoms with E-state index in [9.17, 15) is 28.2 Å². The second-order valence-corrected chi connectivity index (χ2v) is 10.9. The van der Waals surface area contributed by atoms with E-state index >= 15 is 8.78 Å². The molecule has 1 aliphatic rings. The average molecular weight is 603 g/mol. The van der Waals surface area contributed by atoms with Crippen molar-refractivity contribution >= 4 is 16.8 Å². The average Bonchev–Trinajstić information content (AvgIpc) is 3.81. The molecule has 4 aromatic rings. The number of halogens is 5. The summed E-state index contributed by atoms with van der Waals surface area (Å²) in [4.78, 5) is 17.4. The minimum absolute atomic E-state index is 0.0348. The number of carbonyl (C=O) groups is 1. The van der Waals surface area contributed by atoms with Crippen molar-refractivity contribution in [2.75, 3.05) is 13.7 Å². The van der Waals surface area contributed by atoms with Gasteiger partial charge in [0.2, 0.25) is 0 Å². The van der Waals surface area contributed by atoms with Crippen LogP contribution in [0.1, 0.15) is 60.4 Å². The fraction of sp³-hybridized carbons (Fsp3) is 0.333. The topological polar surface area (TPSA) is 117 Å². The molecule has 8 nitrogen and oxygen atoms in total. The normalized spacial score (nSPS) is 15.0. The number of methoxy groups -OCH3 is 1. The van der Waals surface area contributed by atoms with E-state index in [1.54, 1.807) is 0 Å². The van der Waals surface area contributed by atoms with Crippen molar-refractivity contribution in [1.82, 2.24) is 20.5 Å². The van der Waals surface area contributed by atoms with Crippen LogP contribution >= 0.6 is 0 Å². The number of fused-ring (bicyclic) bond motifs is 1. The molecule has 1 saturated carbocycles. The smallest absolute Gasteiger partial charge is 0.282 e. The van der Waals surface area contributed by atoms with Gasteiger partial charge in [0.05, 0.1) is 24.8 Å². The number of rotatable bonds is 9. The summed E-state index contributed by atoms with van der Waals surface area (Å²) in [6.07, 6.45) is -2.03. The number of nitrogens with zero attached hydrogens (tertiary/aromatic N) is 3. The number of amides is 1. The molecular formula is C30H27F5N4O4. The monoisotopic (exact) mass is 602 g/mol. The predicted octanol–water partition coefficient (Wildman–Crippen LogP) is 5.31.